The molecule has 2 rings (SSSR count). The fourth-order valence-electron chi connectivity index (χ4n) is 1.82. The molecule has 17 heavy (non-hydrogen) atoms. The van der Waals surface area contributed by atoms with Crippen LogP contribution in [0.1, 0.15) is 29.9 Å². The van der Waals surface area contributed by atoms with E-state index in [4.69, 9.17) is 0 Å². The predicted molar refractivity (Wildman–Crippen MR) is 70.2 cm³/mol. The van der Waals surface area contributed by atoms with Gasteiger partial charge in [0.2, 0.25) is 0 Å². The highest BCUT2D eigenvalue weighted by molar-refractivity contribution is 5.98. The number of hydrogen-bond donors (Lipinski definition) is 2. The van der Waals surface area contributed by atoms with E-state index in [0.29, 0.717) is 18.2 Å². The van der Waals surface area contributed by atoms with Gasteiger partial charge in [-0.15, -0.1) is 0 Å². The molecule has 0 radical (unpaired) electrons. The Morgan fingerprint density at radius 2 is 2.18 bits per heavy atom. The second kappa shape index (κ2) is 4.62. The number of carbonyl (C=O) groups excluding carboxylic acids is 1. The summed E-state index contributed by atoms with van der Waals surface area (Å²) in [5, 5.41) is 4.02. The Morgan fingerprint density at radius 3 is 2.82 bits per heavy atom. The molecular formula is C14H18N2O. The molecule has 1 amide bonds. The Labute approximate surface area is 101 Å². The maximum atomic E-state index is 11.9. The lowest BCUT2D eigenvalue weighted by Gasteiger charge is -2.05. The van der Waals surface area contributed by atoms with Gasteiger partial charge in [0.1, 0.15) is 5.69 Å². The van der Waals surface area contributed by atoms with Crippen LogP contribution in [0.25, 0.3) is 10.9 Å². The van der Waals surface area contributed by atoms with Gasteiger partial charge in [-0.1, -0.05) is 26.0 Å². The summed E-state index contributed by atoms with van der Waals surface area (Å²) in [6.07, 6.45) is 0. The number of aryl methyl sites for hydroxylation is 1. The van der Waals surface area contributed by atoms with Gasteiger partial charge in [-0.3, -0.25) is 4.79 Å². The summed E-state index contributed by atoms with van der Waals surface area (Å²) < 4.78 is 0. The molecule has 90 valence electrons. The minimum Gasteiger partial charge on any atom is -0.351 e. The number of H-pyrrole nitrogens is 1. The summed E-state index contributed by atoms with van der Waals surface area (Å²) >= 11 is 0. The average Bonchev–Trinajstić information content (AvgIpc) is 2.71. The molecule has 3 heteroatoms. The van der Waals surface area contributed by atoms with E-state index in [2.05, 4.69) is 24.1 Å². The Morgan fingerprint density at radius 1 is 1.41 bits per heavy atom. The lowest BCUT2D eigenvalue weighted by Crippen LogP contribution is -2.27. The van der Waals surface area contributed by atoms with E-state index < -0.39 is 0 Å². The molecule has 0 aliphatic heterocycles. The van der Waals surface area contributed by atoms with Crippen LogP contribution in [-0.4, -0.2) is 17.4 Å². The number of amides is 1. The molecular weight excluding hydrogens is 212 g/mol. The van der Waals surface area contributed by atoms with Crippen molar-refractivity contribution in [2.45, 2.75) is 20.8 Å². The second-order valence-electron chi connectivity index (χ2n) is 4.82. The van der Waals surface area contributed by atoms with Crippen molar-refractivity contribution in [2.75, 3.05) is 6.54 Å². The third-order valence-corrected chi connectivity index (χ3v) is 2.80. The molecule has 0 unspecified atom stereocenters. The molecule has 1 aromatic heterocycles. The quantitative estimate of drug-likeness (QED) is 0.836. The van der Waals surface area contributed by atoms with Crippen molar-refractivity contribution in [3.05, 3.63) is 35.5 Å². The van der Waals surface area contributed by atoms with Gasteiger partial charge < -0.3 is 10.3 Å². The van der Waals surface area contributed by atoms with E-state index in [-0.39, 0.29) is 5.91 Å². The number of aromatic nitrogens is 1. The molecule has 0 aliphatic rings. The van der Waals surface area contributed by atoms with E-state index in [1.165, 1.54) is 5.56 Å². The summed E-state index contributed by atoms with van der Waals surface area (Å²) in [4.78, 5) is 15.0. The number of carbonyl (C=O) groups is 1. The highest BCUT2D eigenvalue weighted by Gasteiger charge is 2.10. The van der Waals surface area contributed by atoms with E-state index >= 15 is 0 Å². The van der Waals surface area contributed by atoms with Crippen LogP contribution in [0.15, 0.2) is 24.3 Å². The molecule has 2 N–H and O–H groups in total. The Bertz CT molecular complexity index is 540. The van der Waals surface area contributed by atoms with Crippen molar-refractivity contribution >= 4 is 16.8 Å². The molecule has 0 saturated heterocycles. The zero-order valence-corrected chi connectivity index (χ0v) is 10.5. The summed E-state index contributed by atoms with van der Waals surface area (Å²) in [5.74, 6) is 0.430. The van der Waals surface area contributed by atoms with Gasteiger partial charge >= 0.3 is 0 Å². The summed E-state index contributed by atoms with van der Waals surface area (Å²) in [6.45, 7) is 6.91. The van der Waals surface area contributed by atoms with Crippen LogP contribution in [0.2, 0.25) is 0 Å². The standard InChI is InChI=1S/C14H18N2O/c1-9(2)8-15-14(17)13-7-11-10(3)5-4-6-12(11)16-13/h4-7,9,16H,8H2,1-3H3,(H,15,17). The minimum atomic E-state index is -0.0331. The van der Waals surface area contributed by atoms with Gasteiger partial charge in [0.25, 0.3) is 5.91 Å². The van der Waals surface area contributed by atoms with E-state index in [1.54, 1.807) is 0 Å². The van der Waals surface area contributed by atoms with Crippen molar-refractivity contribution in [3.8, 4) is 0 Å². The number of rotatable bonds is 3. The molecule has 3 nitrogen and oxygen atoms in total. The Hall–Kier alpha value is -1.77. The maximum absolute atomic E-state index is 11.9. The molecule has 0 aliphatic carbocycles. The molecule has 1 aromatic carbocycles. The molecule has 0 bridgehead atoms. The zero-order valence-electron chi connectivity index (χ0n) is 10.5. The Kier molecular flexibility index (Phi) is 3.18. The number of hydrogen-bond acceptors (Lipinski definition) is 1. The average molecular weight is 230 g/mol. The first kappa shape index (κ1) is 11.7. The molecule has 0 spiro atoms. The van der Waals surface area contributed by atoms with Crippen LogP contribution in [0.5, 0.6) is 0 Å². The summed E-state index contributed by atoms with van der Waals surface area (Å²) in [7, 11) is 0. The first-order valence-corrected chi connectivity index (χ1v) is 5.94. The highest BCUT2D eigenvalue weighted by atomic mass is 16.1. The van der Waals surface area contributed by atoms with Gasteiger partial charge in [-0.2, -0.15) is 0 Å². The van der Waals surface area contributed by atoms with Crippen LogP contribution >= 0.6 is 0 Å². The predicted octanol–water partition coefficient (Wildman–Crippen LogP) is 2.86. The second-order valence-corrected chi connectivity index (χ2v) is 4.82. The van der Waals surface area contributed by atoms with Crippen LogP contribution in [0.3, 0.4) is 0 Å². The topological polar surface area (TPSA) is 44.9 Å². The number of benzene rings is 1. The van der Waals surface area contributed by atoms with Gasteiger partial charge in [0, 0.05) is 17.4 Å². The van der Waals surface area contributed by atoms with Crippen LogP contribution < -0.4 is 5.32 Å². The summed E-state index contributed by atoms with van der Waals surface area (Å²) in [6, 6.07) is 7.94. The van der Waals surface area contributed by atoms with E-state index in [1.807, 2.05) is 31.2 Å². The number of fused-ring (bicyclic) bond motifs is 1. The third kappa shape index (κ3) is 2.49. The maximum Gasteiger partial charge on any atom is 0.267 e. The molecule has 0 atom stereocenters. The van der Waals surface area contributed by atoms with Crippen LogP contribution in [0, 0.1) is 12.8 Å². The van der Waals surface area contributed by atoms with Gasteiger partial charge in [-0.25, -0.2) is 0 Å². The molecule has 1 heterocycles. The SMILES string of the molecule is Cc1cccc2[nH]c(C(=O)NCC(C)C)cc12. The monoisotopic (exact) mass is 230 g/mol. The number of aromatic amines is 1. The fourth-order valence-corrected chi connectivity index (χ4v) is 1.82. The zero-order chi connectivity index (χ0) is 12.4. The third-order valence-electron chi connectivity index (χ3n) is 2.80. The Balaban J connectivity index is 2.24. The first-order chi connectivity index (χ1) is 8.08. The van der Waals surface area contributed by atoms with Crippen molar-refractivity contribution < 1.29 is 4.79 Å². The number of nitrogens with one attached hydrogen (secondary N) is 2. The summed E-state index contributed by atoms with van der Waals surface area (Å²) in [5.41, 5.74) is 2.83. The minimum absolute atomic E-state index is 0.0331. The fraction of sp³-hybridized carbons (Fsp3) is 0.357. The van der Waals surface area contributed by atoms with Crippen molar-refractivity contribution in [1.29, 1.82) is 0 Å². The van der Waals surface area contributed by atoms with Gasteiger partial charge in [0.05, 0.1) is 0 Å². The smallest absolute Gasteiger partial charge is 0.267 e. The largest absolute Gasteiger partial charge is 0.351 e. The van der Waals surface area contributed by atoms with Crippen LogP contribution in [-0.2, 0) is 0 Å². The first-order valence-electron chi connectivity index (χ1n) is 5.94. The lowest BCUT2D eigenvalue weighted by molar-refractivity contribution is 0.0945. The van der Waals surface area contributed by atoms with Crippen LogP contribution in [0.4, 0.5) is 0 Å². The normalized spacial score (nSPS) is 11.1. The molecule has 0 saturated carbocycles. The lowest BCUT2D eigenvalue weighted by atomic mass is 10.1. The van der Waals surface area contributed by atoms with E-state index in [0.717, 1.165) is 10.9 Å². The van der Waals surface area contributed by atoms with E-state index in [9.17, 15) is 4.79 Å². The van der Waals surface area contributed by atoms with Gasteiger partial charge in [-0.05, 0) is 30.5 Å². The molecule has 2 aromatic rings. The molecule has 0 fully saturated rings. The van der Waals surface area contributed by atoms with Crippen molar-refractivity contribution in [2.24, 2.45) is 5.92 Å². The highest BCUT2D eigenvalue weighted by Crippen LogP contribution is 2.19. The van der Waals surface area contributed by atoms with Crippen molar-refractivity contribution in [1.82, 2.24) is 10.3 Å². The van der Waals surface area contributed by atoms with Crippen molar-refractivity contribution in [3.63, 3.8) is 0 Å². The van der Waals surface area contributed by atoms with Gasteiger partial charge in [0.15, 0.2) is 0 Å².